The van der Waals surface area contributed by atoms with E-state index in [1.54, 1.807) is 107 Å². The van der Waals surface area contributed by atoms with Crippen LogP contribution < -0.4 is 31.9 Å². The molecular weight excluding hydrogens is 1900 g/mol. The number of pyridine rings is 2. The molecular formula is C91H119F3N10O38. The molecule has 142 heavy (non-hydrogen) atoms. The zero-order chi connectivity index (χ0) is 107. The quantitative estimate of drug-likeness (QED) is 0.0314. The highest BCUT2D eigenvalue weighted by Crippen LogP contribution is 2.31. The minimum Gasteiger partial charge on any atom is -0.480 e. The summed E-state index contributed by atoms with van der Waals surface area (Å²) >= 11 is 0. The summed E-state index contributed by atoms with van der Waals surface area (Å²) < 4.78 is 111. The molecule has 11 atom stereocenters. The molecule has 0 radical (unpaired) electrons. The minimum absolute atomic E-state index is 0.0117. The van der Waals surface area contributed by atoms with Gasteiger partial charge in [0.25, 0.3) is 0 Å². The summed E-state index contributed by atoms with van der Waals surface area (Å²) in [5, 5.41) is 40.4. The van der Waals surface area contributed by atoms with Crippen LogP contribution >= 0.6 is 0 Å². The second-order valence-electron chi connectivity index (χ2n) is 34.8. The fourth-order valence-electron chi connectivity index (χ4n) is 12.8. The average molecular weight is 2020 g/mol. The fourth-order valence-corrected chi connectivity index (χ4v) is 12.8. The number of ether oxygens (including phenoxy) is 15. The number of aromatic nitrogens is 2. The van der Waals surface area contributed by atoms with Gasteiger partial charge in [-0.3, -0.25) is 29.3 Å². The van der Waals surface area contributed by atoms with Gasteiger partial charge in [-0.1, -0.05) is 72.8 Å². The highest BCUT2D eigenvalue weighted by molar-refractivity contribution is 5.98. The summed E-state index contributed by atoms with van der Waals surface area (Å²) in [7, 11) is 5.96. The third-order valence-corrected chi connectivity index (χ3v) is 19.1. The predicted octanol–water partition coefficient (Wildman–Crippen LogP) is 4.91. The number of piperidine rings is 3. The number of rotatable bonds is 25. The molecule has 0 spiro atoms. The van der Waals surface area contributed by atoms with Crippen LogP contribution in [0, 0.1) is 0 Å². The van der Waals surface area contributed by atoms with Gasteiger partial charge in [-0.2, -0.15) is 13.2 Å². The Morgan fingerprint density at radius 1 is 0.423 bits per heavy atom. The molecule has 0 saturated carbocycles. The summed E-state index contributed by atoms with van der Waals surface area (Å²) in [6.07, 6.45) is -4.77. The molecule has 782 valence electrons. The normalized spacial score (nSPS) is 18.7. The molecule has 9 N–H and O–H groups in total. The first-order valence-electron chi connectivity index (χ1n) is 43.6. The standard InChI is InChI=1S/C23H26N2O8.C16H26N2O8.C16H24N2O7.C15H21NO5.C13H15F3N2O6.C8H7NO4/c1-23(2,3)33-22(29)25-18(21(28)31-13-15-9-6-5-7-10-15)14-32-20(27)17-12-8-11-16(24-17)19(26)30-4;1-16(2,3)26-15(23)18-11(12(19)20)8-25-14(22)10-7-5-6-9(17-10)13(21)24-4;1-16(2,3)25-15(22)17-9-8-24-14(21)11-7-5-6-10(13(20)23-4)18(11)12(9)19;1-15(2,3)21-14(19)16-12(9-17)13(18)20-10-11-7-5-4-6-8-11;1-23-10(20)7-3-2-4-8-11(21)24-5-6(9(19)18(7)8)17-12(22)13(14,15)16;1-13-8(12)6-4-2-3-5(9-6)7(10)11/h5-12,18H,13-14H2,1-4H3,(H,25,29);9-11,17H,5-8H2,1-4H3,(H,18,23)(H,19,20);9-11H,5-8H2,1-4H3,(H,17,22);4-8,12,17H,9-10H2,1-3H3,(H,16,19);6-8H,2-5H2,1H3,(H,17,22);2-4H,1H3,(H,10,11)/t18-;9?,10?,11-;9-,10-,11?;12-;6-,7-,8?;/m00010./s1. The summed E-state index contributed by atoms with van der Waals surface area (Å²) in [6, 6.07) is 14.2. The Labute approximate surface area is 812 Å². The number of carbonyl (C=O) groups excluding carboxylic acids is 18. The maximum absolute atomic E-state index is 12.9. The number of hydrogen-bond donors (Lipinski definition) is 9. The van der Waals surface area contributed by atoms with Crippen molar-refractivity contribution in [3.05, 3.63) is 131 Å². The lowest BCUT2D eigenvalue weighted by Crippen LogP contribution is -2.60. The topological polar surface area (TPSA) is 645 Å². The molecule has 2 aromatic heterocycles. The number of nitrogens with zero attached hydrogens (tertiary/aromatic N) is 4. The maximum atomic E-state index is 12.9. The molecule has 0 aliphatic carbocycles. The molecule has 7 heterocycles. The summed E-state index contributed by atoms with van der Waals surface area (Å²) in [5.74, 6) is -14.2. The van der Waals surface area contributed by atoms with Gasteiger partial charge in [0.2, 0.25) is 11.8 Å². The molecule has 5 fully saturated rings. The number of carboxylic acid groups (broad SMARTS) is 2. The van der Waals surface area contributed by atoms with Crippen LogP contribution in [-0.4, -0.2) is 318 Å². The van der Waals surface area contributed by atoms with Gasteiger partial charge in [-0.15, -0.1) is 0 Å². The Bertz CT molecular complexity index is 5040. The van der Waals surface area contributed by atoms with E-state index in [1.165, 1.54) is 75.1 Å². The van der Waals surface area contributed by atoms with Gasteiger partial charge in [0.1, 0.15) is 133 Å². The third-order valence-electron chi connectivity index (χ3n) is 19.1. The van der Waals surface area contributed by atoms with E-state index in [0.717, 1.165) is 23.1 Å². The average Bonchev–Trinajstić information content (AvgIpc) is 1.59. The van der Waals surface area contributed by atoms with E-state index in [0.29, 0.717) is 44.9 Å². The van der Waals surface area contributed by atoms with Crippen molar-refractivity contribution in [2.75, 3.05) is 68.6 Å². The van der Waals surface area contributed by atoms with Crippen molar-refractivity contribution >= 4 is 120 Å². The van der Waals surface area contributed by atoms with E-state index in [2.05, 4.69) is 55.5 Å². The zero-order valence-corrected chi connectivity index (χ0v) is 81.0. The third kappa shape index (κ3) is 41.6. The molecule has 5 aliphatic heterocycles. The predicted molar refractivity (Wildman–Crippen MR) is 476 cm³/mol. The number of alkyl halides is 3. The first-order valence-corrected chi connectivity index (χ1v) is 43.6. The van der Waals surface area contributed by atoms with Crippen molar-refractivity contribution in [1.29, 1.82) is 0 Å². The molecule has 5 saturated heterocycles. The largest absolute Gasteiger partial charge is 0.480 e. The number of aromatic carboxylic acids is 1. The molecule has 4 aromatic rings. The summed E-state index contributed by atoms with van der Waals surface area (Å²) in [5.41, 5.74) is -1.91. The number of hydrogen-bond acceptors (Lipinski definition) is 39. The van der Waals surface area contributed by atoms with Gasteiger partial charge in [0, 0.05) is 0 Å². The Morgan fingerprint density at radius 3 is 1.17 bits per heavy atom. The number of methoxy groups -OCH3 is 5. The van der Waals surface area contributed by atoms with E-state index in [9.17, 15) is 109 Å². The number of nitrogens with one attached hydrogen (secondary N) is 6. The Balaban J connectivity index is 0.000000361. The van der Waals surface area contributed by atoms with Crippen LogP contribution in [0.1, 0.15) is 194 Å². The minimum atomic E-state index is -5.19. The van der Waals surface area contributed by atoms with E-state index in [1.807, 2.05) is 36.4 Å². The number of cyclic esters (lactones) is 2. The van der Waals surface area contributed by atoms with Crippen molar-refractivity contribution < 1.29 is 195 Å². The van der Waals surface area contributed by atoms with Crippen molar-refractivity contribution in [1.82, 2.24) is 51.7 Å². The molecule has 2 aromatic carbocycles. The zero-order valence-electron chi connectivity index (χ0n) is 81.0. The number of aliphatic hydroxyl groups excluding tert-OH is 1. The first kappa shape index (κ1) is 119. The van der Waals surface area contributed by atoms with Crippen LogP contribution in [0.4, 0.5) is 32.3 Å². The van der Waals surface area contributed by atoms with E-state index >= 15 is 0 Å². The molecule has 5 aliphatic rings. The Kier molecular flexibility index (Phi) is 47.4. The van der Waals surface area contributed by atoms with Gasteiger partial charge in [0.05, 0.1) is 42.2 Å². The number of esters is 11. The summed E-state index contributed by atoms with van der Waals surface area (Å²) in [6.45, 7) is 17.4. The Hall–Kier alpha value is -15.0. The second-order valence-corrected chi connectivity index (χ2v) is 34.8. The van der Waals surface area contributed by atoms with E-state index in [-0.39, 0.29) is 55.4 Å². The number of benzene rings is 2. The van der Waals surface area contributed by atoms with E-state index < -0.39 is 241 Å². The van der Waals surface area contributed by atoms with Crippen LogP contribution in [-0.2, 0) is 142 Å². The second kappa shape index (κ2) is 56.3. The van der Waals surface area contributed by atoms with Gasteiger partial charge in [0.15, 0.2) is 18.1 Å². The molecule has 0 bridgehead atoms. The van der Waals surface area contributed by atoms with Crippen molar-refractivity contribution in [3.63, 3.8) is 0 Å². The smallest absolute Gasteiger partial charge is 0.471 e. The lowest BCUT2D eigenvalue weighted by molar-refractivity contribution is -0.175. The highest BCUT2D eigenvalue weighted by atomic mass is 19.4. The SMILES string of the molecule is CC(C)(C)OC(=O)N[C@H](CO)C(=O)OCc1ccccc1.COC(=O)C1CCCC(C(=O)OC[C@H](NC(=O)OC(C)(C)C)C(=O)O)N1.COC(=O)[C@@H]1CCCC2C(=O)OC[C@H](NC(=O)C(F)(F)F)C(=O)N21.COC(=O)[C@@H]1CCCC2C(=O)OC[C@H](NC(=O)OC(C)(C)C)C(=O)N21.COC(=O)c1cccc(C(=O)O)n1.COC(=O)c1cccc(C(=O)OC[C@H](NC(=O)OC(C)(C)C)C(=O)OCc2ccccc2)n1. The lowest BCUT2D eigenvalue weighted by atomic mass is 9.95. The van der Waals surface area contributed by atoms with Gasteiger partial charge in [-0.25, -0.2) is 81.9 Å². The highest BCUT2D eigenvalue weighted by Gasteiger charge is 2.51. The molecule has 51 heteroatoms. The summed E-state index contributed by atoms with van der Waals surface area (Å²) in [4.78, 5) is 246. The number of aliphatic hydroxyl groups is 1. The van der Waals surface area contributed by atoms with Gasteiger partial charge in [-0.05, 0) is 176 Å². The van der Waals surface area contributed by atoms with Crippen molar-refractivity contribution in [2.45, 2.75) is 249 Å². The first-order chi connectivity index (χ1) is 66.4. The van der Waals surface area contributed by atoms with Crippen LogP contribution in [0.5, 0.6) is 0 Å². The number of amides is 7. The molecule has 48 nitrogen and oxygen atoms in total. The van der Waals surface area contributed by atoms with Gasteiger partial charge >= 0.3 is 114 Å². The monoisotopic (exact) mass is 2020 g/mol. The van der Waals surface area contributed by atoms with Crippen LogP contribution in [0.15, 0.2) is 97.1 Å². The number of fused-ring (bicyclic) bond motifs is 2. The van der Waals surface area contributed by atoms with Crippen LogP contribution in [0.2, 0.25) is 0 Å². The number of aliphatic carboxylic acids is 1. The molecule has 7 amide bonds. The van der Waals surface area contributed by atoms with Crippen LogP contribution in [0.25, 0.3) is 0 Å². The van der Waals surface area contributed by atoms with Crippen molar-refractivity contribution in [2.24, 2.45) is 0 Å². The van der Waals surface area contributed by atoms with Crippen molar-refractivity contribution in [3.8, 4) is 0 Å². The number of carboxylic acids is 2. The maximum Gasteiger partial charge on any atom is 0.471 e. The number of halogens is 3. The number of alkyl carbamates (subject to hydrolysis) is 4. The lowest BCUT2D eigenvalue weighted by Gasteiger charge is -2.38. The van der Waals surface area contributed by atoms with Gasteiger partial charge < -0.3 is 123 Å². The van der Waals surface area contributed by atoms with E-state index in [4.69, 9.17) is 67.4 Å². The Morgan fingerprint density at radius 2 is 0.782 bits per heavy atom. The van der Waals surface area contributed by atoms with Crippen LogP contribution in [0.3, 0.4) is 0 Å². The molecule has 9 rings (SSSR count). The molecule has 4 unspecified atom stereocenters. The number of carbonyl (C=O) groups is 20. The fraction of sp³-hybridized carbons (Fsp3) is 0.538.